The van der Waals surface area contributed by atoms with Crippen LogP contribution in [0.1, 0.15) is 20.3 Å². The van der Waals surface area contributed by atoms with Crippen LogP contribution in [0, 0.1) is 11.2 Å². The van der Waals surface area contributed by atoms with Crippen molar-refractivity contribution in [3.8, 4) is 0 Å². The van der Waals surface area contributed by atoms with E-state index in [4.69, 9.17) is 5.11 Å². The summed E-state index contributed by atoms with van der Waals surface area (Å²) in [4.78, 5) is -0.118. The second kappa shape index (κ2) is 6.30. The van der Waals surface area contributed by atoms with Crippen LogP contribution >= 0.6 is 15.9 Å². The summed E-state index contributed by atoms with van der Waals surface area (Å²) in [5.74, 6) is -0.627. The molecule has 108 valence electrons. The summed E-state index contributed by atoms with van der Waals surface area (Å²) in [5, 5.41) is 8.88. The Morgan fingerprint density at radius 2 is 2.05 bits per heavy atom. The van der Waals surface area contributed by atoms with Crippen LogP contribution in [0.4, 0.5) is 4.39 Å². The molecule has 1 aromatic carbocycles. The third-order valence-electron chi connectivity index (χ3n) is 2.73. The van der Waals surface area contributed by atoms with Crippen molar-refractivity contribution in [2.75, 3.05) is 13.2 Å². The average molecular weight is 354 g/mol. The van der Waals surface area contributed by atoms with Gasteiger partial charge in [0.05, 0.1) is 9.37 Å². The Morgan fingerprint density at radius 3 is 2.58 bits per heavy atom. The van der Waals surface area contributed by atoms with Gasteiger partial charge in [0.15, 0.2) is 0 Å². The molecule has 2 N–H and O–H groups in total. The Balaban J connectivity index is 2.84. The van der Waals surface area contributed by atoms with Gasteiger partial charge in [0.25, 0.3) is 0 Å². The number of rotatable bonds is 6. The van der Waals surface area contributed by atoms with Crippen LogP contribution < -0.4 is 4.72 Å². The van der Waals surface area contributed by atoms with Gasteiger partial charge in [0, 0.05) is 13.2 Å². The Morgan fingerprint density at radius 1 is 1.42 bits per heavy atom. The van der Waals surface area contributed by atoms with E-state index >= 15 is 0 Å². The third kappa shape index (κ3) is 4.83. The smallest absolute Gasteiger partial charge is 0.240 e. The molecule has 4 nitrogen and oxygen atoms in total. The largest absolute Gasteiger partial charge is 0.396 e. The lowest BCUT2D eigenvalue weighted by molar-refractivity contribution is 0.213. The third-order valence-corrected chi connectivity index (χ3v) is 4.77. The fourth-order valence-electron chi connectivity index (χ4n) is 1.41. The van der Waals surface area contributed by atoms with E-state index in [2.05, 4.69) is 20.7 Å². The zero-order valence-corrected chi connectivity index (χ0v) is 13.2. The second-order valence-electron chi connectivity index (χ2n) is 5.04. The highest BCUT2D eigenvalue weighted by Crippen LogP contribution is 2.22. The lowest BCUT2D eigenvalue weighted by Gasteiger charge is -2.23. The minimum absolute atomic E-state index is 0.0123. The zero-order chi connectivity index (χ0) is 14.7. The monoisotopic (exact) mass is 353 g/mol. The van der Waals surface area contributed by atoms with E-state index in [9.17, 15) is 12.8 Å². The summed E-state index contributed by atoms with van der Waals surface area (Å²) in [6.45, 7) is 3.84. The number of hydrogen-bond acceptors (Lipinski definition) is 3. The molecule has 0 heterocycles. The van der Waals surface area contributed by atoms with E-state index in [0.717, 1.165) is 6.07 Å². The van der Waals surface area contributed by atoms with E-state index in [0.29, 0.717) is 6.42 Å². The number of halogens is 2. The molecule has 0 aliphatic rings. The summed E-state index contributed by atoms with van der Waals surface area (Å²) >= 11 is 2.97. The highest BCUT2D eigenvalue weighted by atomic mass is 79.9. The molecule has 0 unspecified atom stereocenters. The molecule has 0 aliphatic carbocycles. The lowest BCUT2D eigenvalue weighted by atomic mass is 9.90. The fraction of sp³-hybridized carbons (Fsp3) is 0.500. The van der Waals surface area contributed by atoms with Crippen molar-refractivity contribution < 1.29 is 17.9 Å². The average Bonchev–Trinajstić information content (AvgIpc) is 2.30. The Hall–Kier alpha value is -0.500. The predicted molar refractivity (Wildman–Crippen MR) is 74.8 cm³/mol. The molecule has 0 radical (unpaired) electrons. The number of aliphatic hydroxyl groups is 1. The van der Waals surface area contributed by atoms with Gasteiger partial charge in [-0.25, -0.2) is 17.5 Å². The number of benzene rings is 1. The first-order chi connectivity index (χ1) is 8.68. The summed E-state index contributed by atoms with van der Waals surface area (Å²) in [6, 6.07) is 3.64. The number of aliphatic hydroxyl groups excluding tert-OH is 1. The minimum Gasteiger partial charge on any atom is -0.396 e. The summed E-state index contributed by atoms with van der Waals surface area (Å²) in [5.41, 5.74) is -0.365. The van der Waals surface area contributed by atoms with Crippen molar-refractivity contribution in [3.05, 3.63) is 28.5 Å². The summed E-state index contributed by atoms with van der Waals surface area (Å²) in [6.07, 6.45) is 0.476. The number of hydrogen-bond donors (Lipinski definition) is 2. The molecular formula is C12H17BrFNO3S. The van der Waals surface area contributed by atoms with Gasteiger partial charge in [0.2, 0.25) is 10.0 Å². The Bertz CT molecular complexity index is 546. The molecule has 0 spiro atoms. The van der Waals surface area contributed by atoms with Gasteiger partial charge >= 0.3 is 0 Å². The Kier molecular flexibility index (Phi) is 5.49. The first kappa shape index (κ1) is 16.6. The number of nitrogens with one attached hydrogen (secondary N) is 1. The maximum Gasteiger partial charge on any atom is 0.240 e. The quantitative estimate of drug-likeness (QED) is 0.824. The van der Waals surface area contributed by atoms with Gasteiger partial charge in [-0.05, 0) is 46.0 Å². The van der Waals surface area contributed by atoms with Crippen LogP contribution in [-0.2, 0) is 10.0 Å². The molecular weight excluding hydrogens is 337 g/mol. The standard InChI is InChI=1S/C12H17BrFNO3S/c1-12(2,5-6-16)8-15-19(17,18)9-3-4-10(13)11(14)7-9/h3-4,7,15-16H,5-6,8H2,1-2H3. The molecule has 1 aromatic rings. The van der Waals surface area contributed by atoms with Gasteiger partial charge in [-0.1, -0.05) is 13.8 Å². The van der Waals surface area contributed by atoms with Crippen molar-refractivity contribution in [2.45, 2.75) is 25.2 Å². The SMILES string of the molecule is CC(C)(CCO)CNS(=O)(=O)c1ccc(Br)c(F)c1. The van der Waals surface area contributed by atoms with E-state index in [1.807, 2.05) is 13.8 Å². The van der Waals surface area contributed by atoms with Crippen LogP contribution in [0.2, 0.25) is 0 Å². The van der Waals surface area contributed by atoms with Gasteiger partial charge < -0.3 is 5.11 Å². The van der Waals surface area contributed by atoms with Crippen molar-refractivity contribution in [2.24, 2.45) is 5.41 Å². The Labute approximate surface area is 121 Å². The van der Waals surface area contributed by atoms with Crippen molar-refractivity contribution in [3.63, 3.8) is 0 Å². The molecule has 0 bridgehead atoms. The van der Waals surface area contributed by atoms with Crippen molar-refractivity contribution >= 4 is 26.0 Å². The van der Waals surface area contributed by atoms with Crippen LogP contribution in [0.25, 0.3) is 0 Å². The molecule has 19 heavy (non-hydrogen) atoms. The maximum absolute atomic E-state index is 13.3. The maximum atomic E-state index is 13.3. The topological polar surface area (TPSA) is 66.4 Å². The second-order valence-corrected chi connectivity index (χ2v) is 7.66. The molecule has 0 aliphatic heterocycles. The van der Waals surface area contributed by atoms with Crippen molar-refractivity contribution in [1.29, 1.82) is 0 Å². The molecule has 7 heteroatoms. The molecule has 0 fully saturated rings. The van der Waals surface area contributed by atoms with E-state index in [1.54, 1.807) is 0 Å². The van der Waals surface area contributed by atoms with E-state index in [-0.39, 0.29) is 27.9 Å². The molecule has 0 saturated heterocycles. The molecule has 0 amide bonds. The minimum atomic E-state index is -3.74. The highest BCUT2D eigenvalue weighted by molar-refractivity contribution is 9.10. The molecule has 1 rings (SSSR count). The summed E-state index contributed by atoms with van der Waals surface area (Å²) in [7, 11) is -3.74. The van der Waals surface area contributed by atoms with Crippen molar-refractivity contribution in [1.82, 2.24) is 4.72 Å². The number of sulfonamides is 1. The van der Waals surface area contributed by atoms with Crippen LogP contribution in [0.5, 0.6) is 0 Å². The van der Waals surface area contributed by atoms with Crippen LogP contribution in [0.15, 0.2) is 27.6 Å². The van der Waals surface area contributed by atoms with Gasteiger partial charge in [0.1, 0.15) is 5.82 Å². The first-order valence-electron chi connectivity index (χ1n) is 5.73. The first-order valence-corrected chi connectivity index (χ1v) is 8.01. The van der Waals surface area contributed by atoms with Gasteiger partial charge in [-0.3, -0.25) is 0 Å². The lowest BCUT2D eigenvalue weighted by Crippen LogP contribution is -2.34. The van der Waals surface area contributed by atoms with E-state index < -0.39 is 15.8 Å². The normalized spacial score (nSPS) is 12.7. The zero-order valence-electron chi connectivity index (χ0n) is 10.8. The molecule has 0 aromatic heterocycles. The molecule has 0 saturated carbocycles. The highest BCUT2D eigenvalue weighted by Gasteiger charge is 2.22. The van der Waals surface area contributed by atoms with Gasteiger partial charge in [-0.2, -0.15) is 0 Å². The summed E-state index contributed by atoms with van der Waals surface area (Å²) < 4.78 is 40.0. The molecule has 0 atom stereocenters. The fourth-order valence-corrected chi connectivity index (χ4v) is 2.91. The van der Waals surface area contributed by atoms with Crippen LogP contribution in [-0.4, -0.2) is 26.7 Å². The van der Waals surface area contributed by atoms with E-state index in [1.165, 1.54) is 12.1 Å². The van der Waals surface area contributed by atoms with Gasteiger partial charge in [-0.15, -0.1) is 0 Å². The predicted octanol–water partition coefficient (Wildman–Crippen LogP) is 2.28. The van der Waals surface area contributed by atoms with Crippen LogP contribution in [0.3, 0.4) is 0 Å².